The van der Waals surface area contributed by atoms with E-state index in [-0.39, 0.29) is 24.2 Å². The van der Waals surface area contributed by atoms with E-state index < -0.39 is 10.0 Å². The lowest BCUT2D eigenvalue weighted by molar-refractivity contribution is -0.121. The highest BCUT2D eigenvalue weighted by Gasteiger charge is 2.30. The van der Waals surface area contributed by atoms with E-state index in [4.69, 9.17) is 5.73 Å². The van der Waals surface area contributed by atoms with Gasteiger partial charge in [0.2, 0.25) is 15.9 Å². The van der Waals surface area contributed by atoms with Gasteiger partial charge in [-0.1, -0.05) is 19.8 Å². The molecule has 3 N–H and O–H groups in total. The van der Waals surface area contributed by atoms with Gasteiger partial charge in [0.25, 0.3) is 0 Å². The second-order valence-corrected chi connectivity index (χ2v) is 6.73. The Hall–Kier alpha value is -0.660. The molecule has 1 saturated heterocycles. The van der Waals surface area contributed by atoms with Crippen LogP contribution in [0.5, 0.6) is 0 Å². The molecule has 1 amide bonds. The molecule has 0 bridgehead atoms. The molecule has 106 valence electrons. The first kappa shape index (κ1) is 15.4. The van der Waals surface area contributed by atoms with Crippen molar-refractivity contribution in [1.82, 2.24) is 9.62 Å². The van der Waals surface area contributed by atoms with Crippen molar-refractivity contribution >= 4 is 15.9 Å². The number of nitrogens with one attached hydrogen (secondary N) is 1. The summed E-state index contributed by atoms with van der Waals surface area (Å²) in [4.78, 5) is 11.7. The van der Waals surface area contributed by atoms with Gasteiger partial charge in [-0.25, -0.2) is 8.42 Å². The first-order valence-electron chi connectivity index (χ1n) is 6.47. The third-order valence-electron chi connectivity index (χ3n) is 3.08. The van der Waals surface area contributed by atoms with E-state index in [2.05, 4.69) is 12.2 Å². The van der Waals surface area contributed by atoms with E-state index >= 15 is 0 Å². The molecule has 0 saturated carbocycles. The molecule has 0 aromatic carbocycles. The van der Waals surface area contributed by atoms with Crippen LogP contribution in [0.1, 0.15) is 32.6 Å². The van der Waals surface area contributed by atoms with Crippen LogP contribution in [0.2, 0.25) is 0 Å². The fourth-order valence-corrected chi connectivity index (χ4v) is 3.48. The van der Waals surface area contributed by atoms with Crippen molar-refractivity contribution in [1.29, 1.82) is 0 Å². The van der Waals surface area contributed by atoms with Crippen LogP contribution in [-0.2, 0) is 14.8 Å². The highest BCUT2D eigenvalue weighted by atomic mass is 32.2. The topological polar surface area (TPSA) is 92.5 Å². The quantitative estimate of drug-likeness (QED) is 0.665. The average Bonchev–Trinajstić information content (AvgIpc) is 2.64. The number of unbranched alkanes of at least 4 members (excludes halogenated alkanes) is 1. The van der Waals surface area contributed by atoms with Gasteiger partial charge in [-0.2, -0.15) is 4.31 Å². The molecule has 0 spiro atoms. The van der Waals surface area contributed by atoms with Crippen LogP contribution >= 0.6 is 0 Å². The Balaban J connectivity index is 2.40. The Morgan fingerprint density at radius 2 is 2.22 bits per heavy atom. The van der Waals surface area contributed by atoms with E-state index in [9.17, 15) is 13.2 Å². The molecule has 0 aromatic rings. The molecule has 6 nitrogen and oxygen atoms in total. The molecule has 1 fully saturated rings. The van der Waals surface area contributed by atoms with Crippen molar-refractivity contribution in [2.75, 3.05) is 25.4 Å². The second-order valence-electron chi connectivity index (χ2n) is 4.65. The van der Waals surface area contributed by atoms with Crippen molar-refractivity contribution in [3.8, 4) is 0 Å². The highest BCUT2D eigenvalue weighted by molar-refractivity contribution is 7.89. The van der Waals surface area contributed by atoms with E-state index in [0.717, 1.165) is 19.3 Å². The SMILES string of the molecule is CCCCC(CN)NC(=O)CN1CCCS1(=O)=O. The molecule has 1 aliphatic rings. The maximum atomic E-state index is 11.7. The number of rotatable bonds is 7. The predicted octanol–water partition coefficient (Wildman–Crippen LogP) is -0.344. The lowest BCUT2D eigenvalue weighted by atomic mass is 10.1. The summed E-state index contributed by atoms with van der Waals surface area (Å²) in [6, 6.07) is -0.0530. The molecule has 7 heteroatoms. The van der Waals surface area contributed by atoms with Crippen LogP contribution in [0, 0.1) is 0 Å². The largest absolute Gasteiger partial charge is 0.351 e. The van der Waals surface area contributed by atoms with Gasteiger partial charge in [0, 0.05) is 19.1 Å². The third kappa shape index (κ3) is 4.55. The molecule has 18 heavy (non-hydrogen) atoms. The lowest BCUT2D eigenvalue weighted by Gasteiger charge is -2.19. The predicted molar refractivity (Wildman–Crippen MR) is 70.5 cm³/mol. The molecule has 0 radical (unpaired) electrons. The van der Waals surface area contributed by atoms with E-state index in [1.807, 2.05) is 0 Å². The zero-order chi connectivity index (χ0) is 13.6. The van der Waals surface area contributed by atoms with Gasteiger partial charge in [-0.3, -0.25) is 4.79 Å². The molecule has 1 atom stereocenters. The van der Waals surface area contributed by atoms with Gasteiger partial charge in [0.15, 0.2) is 0 Å². The number of carbonyl (C=O) groups excluding carboxylic acids is 1. The van der Waals surface area contributed by atoms with Crippen LogP contribution in [0.25, 0.3) is 0 Å². The molecule has 1 rings (SSSR count). The zero-order valence-electron chi connectivity index (χ0n) is 10.9. The normalized spacial score (nSPS) is 20.8. The van der Waals surface area contributed by atoms with Crippen LogP contribution < -0.4 is 11.1 Å². The summed E-state index contributed by atoms with van der Waals surface area (Å²) in [5.41, 5.74) is 5.58. The van der Waals surface area contributed by atoms with Crippen molar-refractivity contribution in [2.24, 2.45) is 5.73 Å². The van der Waals surface area contributed by atoms with Crippen LogP contribution in [0.15, 0.2) is 0 Å². The van der Waals surface area contributed by atoms with Crippen molar-refractivity contribution in [3.63, 3.8) is 0 Å². The van der Waals surface area contributed by atoms with Gasteiger partial charge in [-0.05, 0) is 12.8 Å². The Morgan fingerprint density at radius 3 is 2.72 bits per heavy atom. The molecular weight excluding hydrogens is 254 g/mol. The molecule has 1 aliphatic heterocycles. The summed E-state index contributed by atoms with van der Waals surface area (Å²) in [7, 11) is -3.20. The highest BCUT2D eigenvalue weighted by Crippen LogP contribution is 2.12. The number of carbonyl (C=O) groups is 1. The Morgan fingerprint density at radius 1 is 1.50 bits per heavy atom. The van der Waals surface area contributed by atoms with Gasteiger partial charge < -0.3 is 11.1 Å². The third-order valence-corrected chi connectivity index (χ3v) is 4.98. The maximum absolute atomic E-state index is 11.7. The van der Waals surface area contributed by atoms with Crippen molar-refractivity contribution in [3.05, 3.63) is 0 Å². The maximum Gasteiger partial charge on any atom is 0.235 e. The zero-order valence-corrected chi connectivity index (χ0v) is 11.7. The average molecular weight is 277 g/mol. The van der Waals surface area contributed by atoms with Gasteiger partial charge in [0.05, 0.1) is 12.3 Å². The van der Waals surface area contributed by atoms with Crippen molar-refractivity contribution < 1.29 is 13.2 Å². The van der Waals surface area contributed by atoms with Gasteiger partial charge in [0.1, 0.15) is 0 Å². The number of sulfonamides is 1. The van der Waals surface area contributed by atoms with Crippen LogP contribution in [0.4, 0.5) is 0 Å². The minimum absolute atomic E-state index is 0.0530. The molecule has 0 aliphatic carbocycles. The Kier molecular flexibility index (Phi) is 6.04. The van der Waals surface area contributed by atoms with E-state index in [1.165, 1.54) is 4.31 Å². The minimum atomic E-state index is -3.20. The fourth-order valence-electron chi connectivity index (χ4n) is 2.00. The number of hydrogen-bond donors (Lipinski definition) is 2. The monoisotopic (exact) mass is 277 g/mol. The van der Waals surface area contributed by atoms with E-state index in [1.54, 1.807) is 0 Å². The number of amides is 1. The molecule has 1 heterocycles. The fraction of sp³-hybridized carbons (Fsp3) is 0.909. The minimum Gasteiger partial charge on any atom is -0.351 e. The summed E-state index contributed by atoms with van der Waals surface area (Å²) in [5.74, 6) is -0.108. The number of nitrogens with two attached hydrogens (primary N) is 1. The molecule has 1 unspecified atom stereocenters. The summed E-state index contributed by atoms with van der Waals surface area (Å²) in [6.45, 7) is 2.83. The lowest BCUT2D eigenvalue weighted by Crippen LogP contribution is -2.45. The summed E-state index contributed by atoms with van der Waals surface area (Å²) < 4.78 is 24.3. The second kappa shape index (κ2) is 7.06. The summed E-state index contributed by atoms with van der Waals surface area (Å²) in [5, 5.41) is 2.80. The van der Waals surface area contributed by atoms with Crippen LogP contribution in [-0.4, -0.2) is 50.1 Å². The number of hydrogen-bond acceptors (Lipinski definition) is 4. The van der Waals surface area contributed by atoms with Crippen LogP contribution in [0.3, 0.4) is 0 Å². The molecular formula is C11H23N3O3S. The van der Waals surface area contributed by atoms with E-state index in [0.29, 0.717) is 19.5 Å². The Bertz CT molecular complexity index is 370. The van der Waals surface area contributed by atoms with Gasteiger partial charge >= 0.3 is 0 Å². The first-order valence-corrected chi connectivity index (χ1v) is 8.07. The molecule has 0 aromatic heterocycles. The first-order chi connectivity index (χ1) is 8.49. The summed E-state index contributed by atoms with van der Waals surface area (Å²) >= 11 is 0. The van der Waals surface area contributed by atoms with Gasteiger partial charge in [-0.15, -0.1) is 0 Å². The summed E-state index contributed by atoms with van der Waals surface area (Å²) in [6.07, 6.45) is 3.49. The van der Waals surface area contributed by atoms with Crippen molar-refractivity contribution in [2.45, 2.75) is 38.6 Å². The number of nitrogens with zero attached hydrogens (tertiary/aromatic N) is 1. The Labute approximate surface area is 109 Å². The smallest absolute Gasteiger partial charge is 0.235 e. The standard InChI is InChI=1S/C11H23N3O3S/c1-2-3-5-10(8-12)13-11(15)9-14-6-4-7-18(14,16)17/h10H,2-9,12H2,1H3,(H,13,15).